The minimum Gasteiger partial charge on any atom is -0.550 e. The Bertz CT molecular complexity index is 454. The quantitative estimate of drug-likeness (QED) is 0.0647. The van der Waals surface area contributed by atoms with Crippen LogP contribution < -0.4 is 24.0 Å². The number of hydrogen-bond donors (Lipinski definition) is 1. The van der Waals surface area contributed by atoms with Gasteiger partial charge in [0.2, 0.25) is 0 Å². The smallest absolute Gasteiger partial charge is 0.550 e. The maximum absolute atomic E-state index is 10.3. The summed E-state index contributed by atoms with van der Waals surface area (Å²) in [5.41, 5.74) is 0. The van der Waals surface area contributed by atoms with Gasteiger partial charge in [0.05, 0.1) is 0 Å². The van der Waals surface area contributed by atoms with Crippen LogP contribution in [0.1, 0.15) is 219 Å². The van der Waals surface area contributed by atoms with E-state index in [1.54, 1.807) is 0 Å². The Kier molecular flexibility index (Phi) is 45.7. The van der Waals surface area contributed by atoms with Gasteiger partial charge < -0.3 is 15.0 Å². The van der Waals surface area contributed by atoms with Gasteiger partial charge in [0, 0.05) is 12.4 Å². The second-order valence-corrected chi connectivity index (χ2v) is 12.2. The van der Waals surface area contributed by atoms with Crippen LogP contribution in [0.2, 0.25) is 0 Å². The predicted octanol–water partition coefficient (Wildman–Crippen LogP) is 8.33. The minimum atomic E-state index is -0.903. The summed E-state index contributed by atoms with van der Waals surface area (Å²) in [5, 5.41) is 18.7. The number of hydrogen-bond acceptors (Lipinski definition) is 3. The van der Waals surface area contributed by atoms with E-state index < -0.39 is 11.9 Å². The zero-order valence-electron chi connectivity index (χ0n) is 28.3. The van der Waals surface area contributed by atoms with Crippen molar-refractivity contribution in [2.24, 2.45) is 0 Å². The van der Waals surface area contributed by atoms with Gasteiger partial charge in [-0.3, -0.25) is 4.79 Å². The number of unbranched alkanes of at least 4 members (excludes halogenated alkanes) is 28. The molecule has 0 bridgehead atoms. The van der Waals surface area contributed by atoms with E-state index in [1.807, 2.05) is 0 Å². The van der Waals surface area contributed by atoms with Gasteiger partial charge in [0.25, 0.3) is 0 Å². The summed E-state index contributed by atoms with van der Waals surface area (Å²) in [6.45, 7) is 4.54. The Labute approximate surface area is 269 Å². The van der Waals surface area contributed by atoms with Gasteiger partial charge in [-0.15, -0.1) is 0 Å². The molecule has 0 saturated carbocycles. The molecule has 0 heterocycles. The molecule has 0 rings (SSSR count). The molecule has 0 aromatic heterocycles. The number of aliphatic carboxylic acids is 2. The van der Waals surface area contributed by atoms with Gasteiger partial charge >= 0.3 is 24.8 Å². The van der Waals surface area contributed by atoms with Gasteiger partial charge in [-0.1, -0.05) is 194 Å². The van der Waals surface area contributed by atoms with Crippen LogP contribution in [0.15, 0.2) is 0 Å². The van der Waals surface area contributed by atoms with E-state index in [0.29, 0.717) is 6.42 Å². The van der Waals surface area contributed by atoms with Crippen LogP contribution in [0.5, 0.6) is 0 Å². The number of carboxylic acids is 2. The van der Waals surface area contributed by atoms with Crippen LogP contribution in [0.25, 0.3) is 0 Å². The molecular formula is C36H71LiO4. The normalized spacial score (nSPS) is 10.6. The van der Waals surface area contributed by atoms with Crippen molar-refractivity contribution in [2.75, 3.05) is 0 Å². The van der Waals surface area contributed by atoms with Crippen molar-refractivity contribution in [3.63, 3.8) is 0 Å². The fourth-order valence-corrected chi connectivity index (χ4v) is 5.29. The standard InChI is InChI=1S/2C18H36O2.Li/c2*1-2-3-4-5-6-7-8-9-10-11-12-13-14-15-16-17-18(19)20;/h2*2-17H2,1H3,(H,19,20);/q;;+1/p-1. The van der Waals surface area contributed by atoms with Crippen LogP contribution in [-0.2, 0) is 9.59 Å². The first-order valence-electron chi connectivity index (χ1n) is 18.0. The molecule has 0 atom stereocenters. The molecule has 0 aliphatic rings. The van der Waals surface area contributed by atoms with Crippen molar-refractivity contribution < 1.29 is 38.7 Å². The van der Waals surface area contributed by atoms with Crippen molar-refractivity contribution in [3.05, 3.63) is 0 Å². The molecule has 0 aromatic carbocycles. The van der Waals surface area contributed by atoms with E-state index in [1.165, 1.54) is 167 Å². The van der Waals surface area contributed by atoms with Gasteiger partial charge in [-0.25, -0.2) is 0 Å². The molecule has 0 aliphatic carbocycles. The van der Waals surface area contributed by atoms with Crippen LogP contribution in [-0.4, -0.2) is 17.0 Å². The van der Waals surface area contributed by atoms with Crippen molar-refractivity contribution in [2.45, 2.75) is 219 Å². The van der Waals surface area contributed by atoms with E-state index in [-0.39, 0.29) is 25.3 Å². The summed E-state index contributed by atoms with van der Waals surface area (Å²) in [7, 11) is 0. The Hall–Kier alpha value is -0.463. The van der Waals surface area contributed by atoms with Crippen molar-refractivity contribution in [1.29, 1.82) is 0 Å². The van der Waals surface area contributed by atoms with Crippen molar-refractivity contribution >= 4 is 11.9 Å². The summed E-state index contributed by atoms with van der Waals surface area (Å²) in [6, 6.07) is 0. The third-order valence-corrected chi connectivity index (χ3v) is 7.98. The minimum absolute atomic E-state index is 0. The fourth-order valence-electron chi connectivity index (χ4n) is 5.29. The Morgan fingerprint density at radius 2 is 0.585 bits per heavy atom. The SMILES string of the molecule is CCCCCCCCCCCCCCCCCC(=O)O.CCCCCCCCCCCCCCCCCC(=O)[O-].[Li+]. The van der Waals surface area contributed by atoms with Crippen molar-refractivity contribution in [1.82, 2.24) is 0 Å². The van der Waals surface area contributed by atoms with Crippen molar-refractivity contribution in [3.8, 4) is 0 Å². The topological polar surface area (TPSA) is 77.4 Å². The third-order valence-electron chi connectivity index (χ3n) is 7.98. The maximum Gasteiger partial charge on any atom is 1.00 e. The van der Waals surface area contributed by atoms with Gasteiger partial charge in [-0.2, -0.15) is 0 Å². The van der Waals surface area contributed by atoms with Gasteiger partial charge in [-0.05, 0) is 19.3 Å². The third kappa shape index (κ3) is 49.5. The monoisotopic (exact) mass is 575 g/mol. The molecule has 5 heteroatoms. The maximum atomic E-state index is 10.3. The molecule has 1 N–H and O–H groups in total. The molecule has 0 unspecified atom stereocenters. The van der Waals surface area contributed by atoms with Crippen LogP contribution >= 0.6 is 0 Å². The molecule has 0 fully saturated rings. The van der Waals surface area contributed by atoms with Crippen LogP contribution in [0, 0.1) is 0 Å². The molecule has 0 aliphatic heterocycles. The molecule has 240 valence electrons. The molecule has 0 saturated heterocycles. The molecule has 0 aromatic rings. The zero-order valence-corrected chi connectivity index (χ0v) is 28.3. The fraction of sp³-hybridized carbons (Fsp3) is 0.944. The second kappa shape index (κ2) is 41.7. The molecule has 0 radical (unpaired) electrons. The first kappa shape index (κ1) is 45.0. The predicted molar refractivity (Wildman–Crippen MR) is 172 cm³/mol. The van der Waals surface area contributed by atoms with Gasteiger partial charge in [0.15, 0.2) is 0 Å². The second-order valence-electron chi connectivity index (χ2n) is 12.2. The van der Waals surface area contributed by atoms with E-state index in [2.05, 4.69) is 13.8 Å². The largest absolute Gasteiger partial charge is 1.00 e. The Morgan fingerprint density at radius 1 is 0.390 bits per heavy atom. The average Bonchev–Trinajstić information content (AvgIpc) is 2.93. The number of rotatable bonds is 32. The van der Waals surface area contributed by atoms with E-state index in [4.69, 9.17) is 5.11 Å². The summed E-state index contributed by atoms with van der Waals surface area (Å²) in [5.74, 6) is -1.56. The summed E-state index contributed by atoms with van der Waals surface area (Å²) >= 11 is 0. The molecule has 0 spiro atoms. The number of carbonyl (C=O) groups excluding carboxylic acids is 1. The number of carboxylic acid groups (broad SMARTS) is 2. The van der Waals surface area contributed by atoms with E-state index in [9.17, 15) is 14.7 Å². The average molecular weight is 575 g/mol. The van der Waals surface area contributed by atoms with Crippen LogP contribution in [0.4, 0.5) is 0 Å². The van der Waals surface area contributed by atoms with E-state index in [0.717, 1.165) is 25.7 Å². The first-order chi connectivity index (χ1) is 19.5. The Morgan fingerprint density at radius 3 is 0.780 bits per heavy atom. The molecule has 41 heavy (non-hydrogen) atoms. The first-order valence-corrected chi connectivity index (χ1v) is 18.0. The van der Waals surface area contributed by atoms with Gasteiger partial charge in [0.1, 0.15) is 0 Å². The summed E-state index contributed by atoms with van der Waals surface area (Å²) in [4.78, 5) is 20.6. The molecule has 0 amide bonds. The number of carbonyl (C=O) groups is 2. The molecular weight excluding hydrogens is 503 g/mol. The zero-order chi connectivity index (χ0) is 29.8. The molecule has 4 nitrogen and oxygen atoms in total. The summed E-state index contributed by atoms with van der Waals surface area (Å²) < 4.78 is 0. The summed E-state index contributed by atoms with van der Waals surface area (Å²) in [6.07, 6.45) is 40.1. The van der Waals surface area contributed by atoms with Crippen LogP contribution in [0.3, 0.4) is 0 Å². The van der Waals surface area contributed by atoms with E-state index >= 15 is 0 Å². The Balaban J connectivity index is -0.000000688.